The number of carbonyl (C=O) groups is 1. The predicted molar refractivity (Wildman–Crippen MR) is 66.1 cm³/mol. The maximum Gasteiger partial charge on any atom is 0.236 e. The van der Waals surface area contributed by atoms with Gasteiger partial charge in [0.25, 0.3) is 0 Å². The maximum absolute atomic E-state index is 11.8. The first-order valence-electron chi connectivity index (χ1n) is 5.50. The number of halogens is 1. The Hall–Kier alpha value is -0.0900. The van der Waals surface area contributed by atoms with Gasteiger partial charge in [-0.2, -0.15) is 0 Å². The number of aliphatic hydroxyl groups is 1. The molecule has 90 valence electrons. The number of hydrogen-bond acceptors (Lipinski definition) is 2. The molecule has 15 heavy (non-hydrogen) atoms. The third kappa shape index (κ3) is 6.15. The van der Waals surface area contributed by atoms with Gasteiger partial charge in [-0.15, -0.1) is 0 Å². The van der Waals surface area contributed by atoms with Gasteiger partial charge < -0.3 is 10.0 Å². The highest BCUT2D eigenvalue weighted by Gasteiger charge is 2.21. The molecule has 0 bridgehead atoms. The molecule has 0 aromatic heterocycles. The molecule has 0 aliphatic rings. The minimum atomic E-state index is -0.0830. The van der Waals surface area contributed by atoms with Crippen molar-refractivity contribution in [2.75, 3.05) is 20.2 Å². The average Bonchev–Trinajstić information content (AvgIpc) is 2.21. The van der Waals surface area contributed by atoms with Crippen LogP contribution in [-0.2, 0) is 4.79 Å². The van der Waals surface area contributed by atoms with E-state index in [1.54, 1.807) is 4.90 Å². The van der Waals surface area contributed by atoms with E-state index in [1.807, 2.05) is 20.9 Å². The largest absolute Gasteiger partial charge is 0.396 e. The molecule has 0 aliphatic carbocycles. The van der Waals surface area contributed by atoms with Crippen LogP contribution in [0.4, 0.5) is 0 Å². The highest BCUT2D eigenvalue weighted by molar-refractivity contribution is 9.10. The van der Waals surface area contributed by atoms with Crippen molar-refractivity contribution in [1.29, 1.82) is 0 Å². The molecule has 3 nitrogen and oxygen atoms in total. The van der Waals surface area contributed by atoms with Crippen molar-refractivity contribution in [3.8, 4) is 0 Å². The highest BCUT2D eigenvalue weighted by Crippen LogP contribution is 2.14. The highest BCUT2D eigenvalue weighted by atomic mass is 79.9. The molecular weight excluding hydrogens is 258 g/mol. The van der Waals surface area contributed by atoms with Crippen LogP contribution in [0, 0.1) is 5.92 Å². The standard InChI is InChI=1S/C11H22BrNO2/c1-9(2)10(12)11(15)13(3)7-5-4-6-8-14/h9-10,14H,4-8H2,1-3H3. The van der Waals surface area contributed by atoms with Gasteiger partial charge in [-0.3, -0.25) is 4.79 Å². The maximum atomic E-state index is 11.8. The number of nitrogens with zero attached hydrogens (tertiary/aromatic N) is 1. The molecule has 0 saturated heterocycles. The third-order valence-electron chi connectivity index (χ3n) is 2.35. The van der Waals surface area contributed by atoms with E-state index in [1.165, 1.54) is 0 Å². The summed E-state index contributed by atoms with van der Waals surface area (Å²) in [7, 11) is 1.83. The molecule has 0 radical (unpaired) electrons. The number of hydrogen-bond donors (Lipinski definition) is 1. The van der Waals surface area contributed by atoms with Gasteiger partial charge in [-0.25, -0.2) is 0 Å². The van der Waals surface area contributed by atoms with Gasteiger partial charge in [-0.1, -0.05) is 29.8 Å². The van der Waals surface area contributed by atoms with Crippen LogP contribution < -0.4 is 0 Å². The van der Waals surface area contributed by atoms with E-state index >= 15 is 0 Å². The molecule has 1 N–H and O–H groups in total. The van der Waals surface area contributed by atoms with Crippen molar-refractivity contribution in [1.82, 2.24) is 4.90 Å². The fourth-order valence-corrected chi connectivity index (χ4v) is 1.59. The van der Waals surface area contributed by atoms with Gasteiger partial charge in [0.2, 0.25) is 5.91 Å². The van der Waals surface area contributed by atoms with Crippen molar-refractivity contribution in [2.24, 2.45) is 5.92 Å². The number of alkyl halides is 1. The lowest BCUT2D eigenvalue weighted by atomic mass is 10.1. The second-order valence-electron chi connectivity index (χ2n) is 4.19. The molecule has 0 aromatic carbocycles. The molecule has 4 heteroatoms. The summed E-state index contributed by atoms with van der Waals surface area (Å²) >= 11 is 3.40. The molecule has 0 spiro atoms. The first-order chi connectivity index (χ1) is 7.00. The van der Waals surface area contributed by atoms with Crippen LogP contribution in [0.3, 0.4) is 0 Å². The van der Waals surface area contributed by atoms with Crippen LogP contribution in [0.15, 0.2) is 0 Å². The van der Waals surface area contributed by atoms with Gasteiger partial charge >= 0.3 is 0 Å². The number of aliphatic hydroxyl groups excluding tert-OH is 1. The van der Waals surface area contributed by atoms with E-state index in [9.17, 15) is 4.79 Å². The number of rotatable bonds is 7. The van der Waals surface area contributed by atoms with Crippen LogP contribution in [0.25, 0.3) is 0 Å². The van der Waals surface area contributed by atoms with E-state index in [0.29, 0.717) is 5.92 Å². The summed E-state index contributed by atoms with van der Waals surface area (Å²) in [6.07, 6.45) is 2.76. The van der Waals surface area contributed by atoms with Crippen LogP contribution in [0.5, 0.6) is 0 Å². The van der Waals surface area contributed by atoms with Crippen LogP contribution >= 0.6 is 15.9 Å². The van der Waals surface area contributed by atoms with Crippen molar-refractivity contribution < 1.29 is 9.90 Å². The third-order valence-corrected chi connectivity index (χ3v) is 3.80. The zero-order chi connectivity index (χ0) is 11.8. The van der Waals surface area contributed by atoms with Crippen LogP contribution in [0.1, 0.15) is 33.1 Å². The Bertz CT molecular complexity index is 185. The summed E-state index contributed by atoms with van der Waals surface area (Å²) in [4.78, 5) is 13.5. The molecule has 0 rings (SSSR count). The first kappa shape index (κ1) is 14.9. The average molecular weight is 280 g/mol. The van der Waals surface area contributed by atoms with E-state index in [-0.39, 0.29) is 17.3 Å². The topological polar surface area (TPSA) is 40.5 Å². The van der Waals surface area contributed by atoms with Crippen molar-refractivity contribution >= 4 is 21.8 Å². The zero-order valence-corrected chi connectivity index (χ0v) is 11.5. The molecule has 1 atom stereocenters. The Kier molecular flexibility index (Phi) is 8.06. The lowest BCUT2D eigenvalue weighted by molar-refractivity contribution is -0.129. The Balaban J connectivity index is 3.78. The predicted octanol–water partition coefficient (Wildman–Crippen LogP) is 2.03. The van der Waals surface area contributed by atoms with E-state index in [2.05, 4.69) is 15.9 Å². The summed E-state index contributed by atoms with van der Waals surface area (Å²) in [5, 5.41) is 8.61. The number of carbonyl (C=O) groups excluding carboxylic acids is 1. The van der Waals surface area contributed by atoms with Gasteiger partial charge in [0.15, 0.2) is 0 Å². The van der Waals surface area contributed by atoms with Gasteiger partial charge in [0.1, 0.15) is 0 Å². The van der Waals surface area contributed by atoms with E-state index < -0.39 is 0 Å². The fourth-order valence-electron chi connectivity index (χ4n) is 1.24. The van der Waals surface area contributed by atoms with E-state index in [0.717, 1.165) is 25.8 Å². The molecule has 0 heterocycles. The summed E-state index contributed by atoms with van der Waals surface area (Å²) in [6, 6.07) is 0. The number of amides is 1. The molecular formula is C11H22BrNO2. The lowest BCUT2D eigenvalue weighted by Crippen LogP contribution is -2.36. The van der Waals surface area contributed by atoms with E-state index in [4.69, 9.17) is 5.11 Å². The van der Waals surface area contributed by atoms with Gasteiger partial charge in [-0.05, 0) is 25.2 Å². The SMILES string of the molecule is CC(C)C(Br)C(=O)N(C)CCCCCO. The Morgan fingerprint density at radius 3 is 2.40 bits per heavy atom. The molecule has 1 unspecified atom stereocenters. The molecule has 0 fully saturated rings. The normalized spacial score (nSPS) is 12.9. The summed E-state index contributed by atoms with van der Waals surface area (Å²) < 4.78 is 0. The smallest absolute Gasteiger partial charge is 0.236 e. The Morgan fingerprint density at radius 1 is 1.33 bits per heavy atom. The molecule has 0 aliphatic heterocycles. The van der Waals surface area contributed by atoms with Crippen LogP contribution in [0.2, 0.25) is 0 Å². The molecule has 1 amide bonds. The fraction of sp³-hybridized carbons (Fsp3) is 0.909. The monoisotopic (exact) mass is 279 g/mol. The summed E-state index contributed by atoms with van der Waals surface area (Å²) in [5.74, 6) is 0.464. The summed E-state index contributed by atoms with van der Waals surface area (Å²) in [5.41, 5.74) is 0. The van der Waals surface area contributed by atoms with Crippen molar-refractivity contribution in [3.63, 3.8) is 0 Å². The Morgan fingerprint density at radius 2 is 1.93 bits per heavy atom. The Labute approximate surface area is 101 Å². The zero-order valence-electron chi connectivity index (χ0n) is 9.87. The quantitative estimate of drug-likeness (QED) is 0.572. The lowest BCUT2D eigenvalue weighted by Gasteiger charge is -2.22. The molecule has 0 saturated carbocycles. The minimum Gasteiger partial charge on any atom is -0.396 e. The molecule has 0 aromatic rings. The number of unbranched alkanes of at least 4 members (excludes halogenated alkanes) is 2. The minimum absolute atomic E-state index is 0.0830. The second kappa shape index (κ2) is 8.11. The summed E-state index contributed by atoms with van der Waals surface area (Å²) in [6.45, 7) is 5.06. The van der Waals surface area contributed by atoms with Crippen molar-refractivity contribution in [3.05, 3.63) is 0 Å². The van der Waals surface area contributed by atoms with Crippen LogP contribution in [-0.4, -0.2) is 40.9 Å². The first-order valence-corrected chi connectivity index (χ1v) is 6.42. The van der Waals surface area contributed by atoms with Crippen molar-refractivity contribution in [2.45, 2.75) is 37.9 Å². The van der Waals surface area contributed by atoms with Gasteiger partial charge in [0, 0.05) is 20.2 Å². The van der Waals surface area contributed by atoms with Gasteiger partial charge in [0.05, 0.1) is 4.83 Å². The second-order valence-corrected chi connectivity index (χ2v) is 5.18.